The monoisotopic (exact) mass is 448 g/mol. The number of piperidine rings is 1. The minimum atomic E-state index is -4.31. The van der Waals surface area contributed by atoms with Crippen LogP contribution in [0.3, 0.4) is 0 Å². The van der Waals surface area contributed by atoms with Crippen molar-refractivity contribution in [1.82, 2.24) is 9.80 Å². The Morgan fingerprint density at radius 1 is 1.22 bits per heavy atom. The van der Waals surface area contributed by atoms with Gasteiger partial charge >= 0.3 is 6.18 Å². The first-order valence-electron chi connectivity index (χ1n) is 11.0. The second kappa shape index (κ2) is 10.4. The van der Waals surface area contributed by atoms with Gasteiger partial charge in [0.05, 0.1) is 12.7 Å². The van der Waals surface area contributed by atoms with Crippen LogP contribution in [0, 0.1) is 12.8 Å². The molecule has 0 radical (unpaired) electrons. The number of hydrogen-bond acceptors (Lipinski definition) is 3. The molecule has 0 aliphatic carbocycles. The van der Waals surface area contributed by atoms with Crippen LogP contribution in [0.5, 0.6) is 5.75 Å². The van der Waals surface area contributed by atoms with Gasteiger partial charge in [0, 0.05) is 32.2 Å². The molecule has 2 aromatic carbocycles. The van der Waals surface area contributed by atoms with E-state index >= 15 is 0 Å². The highest BCUT2D eigenvalue weighted by atomic mass is 19.4. The fourth-order valence-corrected chi connectivity index (χ4v) is 4.40. The molecule has 4 nitrogen and oxygen atoms in total. The Morgan fingerprint density at radius 2 is 2.00 bits per heavy atom. The Morgan fingerprint density at radius 3 is 2.69 bits per heavy atom. The smallest absolute Gasteiger partial charge is 0.416 e. The minimum absolute atomic E-state index is 0.0168. The molecule has 32 heavy (non-hydrogen) atoms. The molecular weight excluding hydrogens is 417 g/mol. The topological polar surface area (TPSA) is 32.8 Å². The molecule has 0 aromatic heterocycles. The first-order chi connectivity index (χ1) is 15.2. The van der Waals surface area contributed by atoms with Gasteiger partial charge in [0.15, 0.2) is 0 Å². The Labute approximate surface area is 188 Å². The molecule has 1 amide bonds. The molecule has 1 saturated heterocycles. The third-order valence-electron chi connectivity index (χ3n) is 6.09. The van der Waals surface area contributed by atoms with Gasteiger partial charge < -0.3 is 14.5 Å². The summed E-state index contributed by atoms with van der Waals surface area (Å²) in [5.74, 6) is 1.09. The standard InChI is InChI=1S/C25H31F3N2O2/c1-18-14-21(9-10-23(18)32-3)24(31)29(2)16-20-7-5-12-30(17-20)13-11-19-6-4-8-22(15-19)25(26,27)28/h4,6,8-10,14-15,20H,5,7,11-13,16-17H2,1-3H3/t20-/m1/s1. The average Bonchev–Trinajstić information content (AvgIpc) is 2.77. The summed E-state index contributed by atoms with van der Waals surface area (Å²) in [4.78, 5) is 16.9. The summed E-state index contributed by atoms with van der Waals surface area (Å²) in [5.41, 5.74) is 1.66. The van der Waals surface area contributed by atoms with Crippen molar-refractivity contribution in [3.8, 4) is 5.75 Å². The predicted molar refractivity (Wildman–Crippen MR) is 119 cm³/mol. The van der Waals surface area contributed by atoms with Crippen molar-refractivity contribution in [2.75, 3.05) is 40.3 Å². The van der Waals surface area contributed by atoms with Crippen LogP contribution in [0.15, 0.2) is 42.5 Å². The van der Waals surface area contributed by atoms with E-state index in [1.807, 2.05) is 26.1 Å². The summed E-state index contributed by atoms with van der Waals surface area (Å²) in [5, 5.41) is 0. The number of methoxy groups -OCH3 is 1. The van der Waals surface area contributed by atoms with Crippen LogP contribution in [0.1, 0.15) is 39.9 Å². The van der Waals surface area contributed by atoms with Gasteiger partial charge in [0.25, 0.3) is 5.91 Å². The van der Waals surface area contributed by atoms with Gasteiger partial charge in [-0.15, -0.1) is 0 Å². The van der Waals surface area contributed by atoms with Crippen molar-refractivity contribution < 1.29 is 22.7 Å². The van der Waals surface area contributed by atoms with E-state index in [9.17, 15) is 18.0 Å². The molecular formula is C25H31F3N2O2. The van der Waals surface area contributed by atoms with Gasteiger partial charge in [-0.05, 0) is 74.0 Å². The molecule has 2 aromatic rings. The molecule has 174 valence electrons. The van der Waals surface area contributed by atoms with E-state index < -0.39 is 11.7 Å². The average molecular weight is 449 g/mol. The van der Waals surface area contributed by atoms with Crippen LogP contribution in [0.4, 0.5) is 13.2 Å². The zero-order valence-electron chi connectivity index (χ0n) is 18.9. The molecule has 1 fully saturated rings. The van der Waals surface area contributed by atoms with Crippen molar-refractivity contribution in [1.29, 1.82) is 0 Å². The highest BCUT2D eigenvalue weighted by molar-refractivity contribution is 5.94. The Bertz CT molecular complexity index is 930. The van der Waals surface area contributed by atoms with Crippen molar-refractivity contribution >= 4 is 5.91 Å². The zero-order valence-corrected chi connectivity index (χ0v) is 18.9. The van der Waals surface area contributed by atoms with Crippen LogP contribution in [0.2, 0.25) is 0 Å². The van der Waals surface area contributed by atoms with Gasteiger partial charge in [-0.25, -0.2) is 0 Å². The lowest BCUT2D eigenvalue weighted by Crippen LogP contribution is -2.42. The second-order valence-corrected chi connectivity index (χ2v) is 8.63. The minimum Gasteiger partial charge on any atom is -0.496 e. The number of likely N-dealkylation sites (tertiary alicyclic amines) is 1. The number of benzene rings is 2. The number of carbonyl (C=O) groups is 1. The number of amides is 1. The third kappa shape index (κ3) is 6.25. The molecule has 0 bridgehead atoms. The lowest BCUT2D eigenvalue weighted by atomic mass is 9.96. The number of nitrogens with zero attached hydrogens (tertiary/aromatic N) is 2. The maximum atomic E-state index is 12.9. The molecule has 0 spiro atoms. The summed E-state index contributed by atoms with van der Waals surface area (Å²) in [6.45, 7) is 5.07. The Kier molecular flexibility index (Phi) is 7.82. The van der Waals surface area contributed by atoms with Gasteiger partial charge in [-0.1, -0.05) is 18.2 Å². The van der Waals surface area contributed by atoms with Crippen LogP contribution in [0.25, 0.3) is 0 Å². The van der Waals surface area contributed by atoms with Crippen molar-refractivity contribution in [3.05, 3.63) is 64.7 Å². The number of hydrogen-bond donors (Lipinski definition) is 0. The first-order valence-corrected chi connectivity index (χ1v) is 11.0. The third-order valence-corrected chi connectivity index (χ3v) is 6.09. The quantitative estimate of drug-likeness (QED) is 0.594. The highest BCUT2D eigenvalue weighted by Gasteiger charge is 2.30. The molecule has 1 heterocycles. The van der Waals surface area contributed by atoms with E-state index in [1.54, 1.807) is 24.1 Å². The van der Waals surface area contributed by atoms with E-state index in [0.717, 1.165) is 43.3 Å². The van der Waals surface area contributed by atoms with Crippen molar-refractivity contribution in [2.45, 2.75) is 32.4 Å². The summed E-state index contributed by atoms with van der Waals surface area (Å²) in [6.07, 6.45) is -1.67. The number of alkyl halides is 3. The van der Waals surface area contributed by atoms with E-state index in [0.29, 0.717) is 36.6 Å². The van der Waals surface area contributed by atoms with Crippen LogP contribution >= 0.6 is 0 Å². The number of carbonyl (C=O) groups excluding carboxylic acids is 1. The second-order valence-electron chi connectivity index (χ2n) is 8.63. The van der Waals surface area contributed by atoms with Gasteiger partial charge in [0.1, 0.15) is 5.75 Å². The van der Waals surface area contributed by atoms with Gasteiger partial charge in [0.2, 0.25) is 0 Å². The number of aryl methyl sites for hydroxylation is 1. The summed E-state index contributed by atoms with van der Waals surface area (Å²) < 4.78 is 44.1. The van der Waals surface area contributed by atoms with Crippen LogP contribution in [-0.2, 0) is 12.6 Å². The predicted octanol–water partition coefficient (Wildman–Crippen LogP) is 5.05. The number of ether oxygens (including phenoxy) is 1. The molecule has 0 saturated carbocycles. The molecule has 1 aliphatic heterocycles. The van der Waals surface area contributed by atoms with E-state index in [-0.39, 0.29) is 5.91 Å². The molecule has 1 atom stereocenters. The number of halogens is 3. The van der Waals surface area contributed by atoms with Crippen LogP contribution < -0.4 is 4.74 Å². The summed E-state index contributed by atoms with van der Waals surface area (Å²) in [6, 6.07) is 11.0. The van der Waals surface area contributed by atoms with Gasteiger partial charge in [-0.3, -0.25) is 4.79 Å². The first kappa shape index (κ1) is 24.1. The largest absolute Gasteiger partial charge is 0.496 e. The normalized spacial score (nSPS) is 17.2. The fourth-order valence-electron chi connectivity index (χ4n) is 4.40. The Hall–Kier alpha value is -2.54. The zero-order chi connectivity index (χ0) is 23.3. The molecule has 1 aliphatic rings. The lowest BCUT2D eigenvalue weighted by molar-refractivity contribution is -0.137. The number of rotatable bonds is 7. The fraction of sp³-hybridized carbons (Fsp3) is 0.480. The maximum Gasteiger partial charge on any atom is 0.416 e. The van der Waals surface area contributed by atoms with Crippen molar-refractivity contribution in [3.63, 3.8) is 0 Å². The van der Waals surface area contributed by atoms with Crippen molar-refractivity contribution in [2.24, 2.45) is 5.92 Å². The van der Waals surface area contributed by atoms with E-state index in [4.69, 9.17) is 4.74 Å². The summed E-state index contributed by atoms with van der Waals surface area (Å²) >= 11 is 0. The molecule has 3 rings (SSSR count). The van der Waals surface area contributed by atoms with Crippen LogP contribution in [-0.4, -0.2) is 56.0 Å². The summed E-state index contributed by atoms with van der Waals surface area (Å²) in [7, 11) is 3.43. The molecule has 0 unspecified atom stereocenters. The van der Waals surface area contributed by atoms with Gasteiger partial charge in [-0.2, -0.15) is 13.2 Å². The van der Waals surface area contributed by atoms with E-state index in [1.165, 1.54) is 12.1 Å². The maximum absolute atomic E-state index is 12.9. The van der Waals surface area contributed by atoms with E-state index in [2.05, 4.69) is 4.90 Å². The highest BCUT2D eigenvalue weighted by Crippen LogP contribution is 2.29. The molecule has 7 heteroatoms. The lowest BCUT2D eigenvalue weighted by Gasteiger charge is -2.34. The SMILES string of the molecule is COc1ccc(C(=O)N(C)C[C@H]2CCCN(CCc3cccc(C(F)(F)F)c3)C2)cc1C. The Balaban J connectivity index is 1.53. The molecule has 0 N–H and O–H groups in total.